The van der Waals surface area contributed by atoms with Crippen molar-refractivity contribution in [3.05, 3.63) is 118 Å². The van der Waals surface area contributed by atoms with E-state index in [2.05, 4.69) is 134 Å². The molecule has 5 heterocycles. The molecule has 0 saturated heterocycles. The second-order valence-corrected chi connectivity index (χ2v) is 11.6. The van der Waals surface area contributed by atoms with Crippen LogP contribution in [0.5, 0.6) is 0 Å². The summed E-state index contributed by atoms with van der Waals surface area (Å²) in [6.07, 6.45) is 11.3. The molecule has 2 aliphatic heterocycles. The normalized spacial score (nSPS) is 12.5. The van der Waals surface area contributed by atoms with Gasteiger partial charge in [-0.1, -0.05) is 69.3 Å². The predicted octanol–water partition coefficient (Wildman–Crippen LogP) is 10.3. The van der Waals surface area contributed by atoms with Crippen LogP contribution in [0.2, 0.25) is 0 Å². The summed E-state index contributed by atoms with van der Waals surface area (Å²) in [5.41, 5.74) is 14.3. The summed E-state index contributed by atoms with van der Waals surface area (Å²) in [7, 11) is 0. The summed E-state index contributed by atoms with van der Waals surface area (Å²) < 4.78 is 0. The summed E-state index contributed by atoms with van der Waals surface area (Å²) in [5.74, 6) is 0. The lowest BCUT2D eigenvalue weighted by Gasteiger charge is -2.13. The minimum absolute atomic E-state index is 0.866. The number of aromatic nitrogens is 4. The van der Waals surface area contributed by atoms with Crippen LogP contribution in [-0.2, 0) is 19.3 Å². The van der Waals surface area contributed by atoms with E-state index in [9.17, 15) is 0 Å². The lowest BCUT2D eigenvalue weighted by molar-refractivity contribution is 1.08. The van der Waals surface area contributed by atoms with Crippen molar-refractivity contribution in [3.63, 3.8) is 0 Å². The van der Waals surface area contributed by atoms with Gasteiger partial charge in [-0.05, 0) is 95.4 Å². The molecule has 0 fully saturated rings. The molecule has 0 saturated carbocycles. The molecule has 3 aromatic heterocycles. The molecule has 8 rings (SSSR count). The minimum Gasteiger partial charge on any atom is -0.355 e. The number of rotatable bonds is 4. The second kappa shape index (κ2) is 10.5. The third-order valence-electron chi connectivity index (χ3n) is 9.16. The largest absolute Gasteiger partial charge is 0.355 e. The van der Waals surface area contributed by atoms with Crippen LogP contribution >= 0.6 is 0 Å². The summed E-state index contributed by atoms with van der Waals surface area (Å²) in [6.45, 7) is 6.62. The zero-order chi connectivity index (χ0) is 29.8. The van der Waals surface area contributed by atoms with Gasteiger partial charge >= 0.3 is 0 Å². The van der Waals surface area contributed by atoms with Gasteiger partial charge in [0, 0.05) is 49.9 Å². The molecule has 4 heteroatoms. The third-order valence-corrected chi connectivity index (χ3v) is 9.16. The first-order chi connectivity index (χ1) is 21.7. The van der Waals surface area contributed by atoms with Gasteiger partial charge in [0.1, 0.15) is 0 Å². The van der Waals surface area contributed by atoms with Gasteiger partial charge < -0.3 is 9.97 Å². The number of nitrogens with one attached hydrogen (secondary N) is 2. The Bertz CT molecular complexity index is 2290. The summed E-state index contributed by atoms with van der Waals surface area (Å²) in [4.78, 5) is 18.1. The highest BCUT2D eigenvalue weighted by atomic mass is 14.8. The average molecular weight is 571 g/mol. The standard InChI is InChI=1S/C40H34N4/c1-4-26-31-15-17-33(41-31)27(5-2)35-19-21-37(43-35)40(38-22-20-36(44-38)28(6-3)34-18-16-32(26)42-34)39-29-13-9-7-11-24(29)23-25-12-8-10-14-30(25)39/h7-23,41,44H,4-6H2,1-3H3. The molecule has 0 radical (unpaired) electrons. The molecular formula is C40H34N4. The van der Waals surface area contributed by atoms with Crippen LogP contribution in [0.25, 0.3) is 79.0 Å². The number of nitrogens with zero attached hydrogens (tertiary/aromatic N) is 2. The zero-order valence-corrected chi connectivity index (χ0v) is 25.3. The topological polar surface area (TPSA) is 57.4 Å². The number of aromatic amines is 2. The molecule has 6 aromatic rings. The van der Waals surface area contributed by atoms with Crippen molar-refractivity contribution in [3.8, 4) is 11.1 Å². The van der Waals surface area contributed by atoms with Crippen molar-refractivity contribution in [1.29, 1.82) is 0 Å². The highest BCUT2D eigenvalue weighted by Gasteiger charge is 2.19. The Morgan fingerprint density at radius 1 is 0.455 bits per heavy atom. The average Bonchev–Trinajstić information content (AvgIpc) is 3.88. The molecule has 2 aliphatic rings. The highest BCUT2D eigenvalue weighted by Crippen LogP contribution is 2.41. The van der Waals surface area contributed by atoms with Crippen LogP contribution in [0.3, 0.4) is 0 Å². The molecule has 8 bridgehead atoms. The smallest absolute Gasteiger partial charge is 0.0737 e. The molecule has 0 aliphatic carbocycles. The number of H-pyrrole nitrogens is 2. The number of fused-ring (bicyclic) bond motifs is 10. The van der Waals surface area contributed by atoms with Gasteiger partial charge in [-0.3, -0.25) is 0 Å². The Morgan fingerprint density at radius 3 is 1.36 bits per heavy atom. The van der Waals surface area contributed by atoms with Crippen molar-refractivity contribution in [2.24, 2.45) is 0 Å². The van der Waals surface area contributed by atoms with Crippen LogP contribution < -0.4 is 0 Å². The van der Waals surface area contributed by atoms with Crippen LogP contribution in [0.1, 0.15) is 60.2 Å². The maximum atomic E-state index is 5.38. The lowest BCUT2D eigenvalue weighted by atomic mass is 9.91. The predicted molar refractivity (Wildman–Crippen MR) is 187 cm³/mol. The molecule has 3 aromatic carbocycles. The Balaban J connectivity index is 1.60. The first-order valence-electron chi connectivity index (χ1n) is 15.7. The molecular weight excluding hydrogens is 536 g/mol. The van der Waals surface area contributed by atoms with Gasteiger partial charge in [0.2, 0.25) is 0 Å². The van der Waals surface area contributed by atoms with Gasteiger partial charge in [0.15, 0.2) is 0 Å². The Hall–Kier alpha value is -5.22. The Labute approximate surface area is 256 Å². The van der Waals surface area contributed by atoms with Crippen molar-refractivity contribution in [2.75, 3.05) is 0 Å². The molecule has 0 spiro atoms. The van der Waals surface area contributed by atoms with E-state index < -0.39 is 0 Å². The van der Waals surface area contributed by atoms with Gasteiger partial charge in [0.25, 0.3) is 0 Å². The van der Waals surface area contributed by atoms with E-state index in [1.807, 2.05) is 0 Å². The second-order valence-electron chi connectivity index (χ2n) is 11.6. The van der Waals surface area contributed by atoms with E-state index in [0.29, 0.717) is 0 Å². The third kappa shape index (κ3) is 4.13. The SMILES string of the molecule is CCc1c2nc(c(CC)c3ccc([nH]3)c(-c3c4ccccc4cc4ccccc34)c3nc(c(CC)c4ccc1[nH]4)C=C3)C=C2. The molecule has 0 unspecified atom stereocenters. The van der Waals surface area contributed by atoms with Crippen molar-refractivity contribution >= 4 is 67.9 Å². The lowest BCUT2D eigenvalue weighted by Crippen LogP contribution is -1.92. The number of benzene rings is 3. The number of hydrogen-bond acceptors (Lipinski definition) is 2. The van der Waals surface area contributed by atoms with Gasteiger partial charge in [0.05, 0.1) is 22.8 Å². The Morgan fingerprint density at radius 2 is 0.864 bits per heavy atom. The van der Waals surface area contributed by atoms with E-state index in [0.717, 1.165) is 69.7 Å². The van der Waals surface area contributed by atoms with Crippen molar-refractivity contribution in [2.45, 2.75) is 40.0 Å². The fourth-order valence-corrected chi connectivity index (χ4v) is 7.04. The van der Waals surface area contributed by atoms with E-state index >= 15 is 0 Å². The van der Waals surface area contributed by atoms with Gasteiger partial charge in [-0.2, -0.15) is 0 Å². The minimum atomic E-state index is 0.866. The maximum Gasteiger partial charge on any atom is 0.0737 e. The van der Waals surface area contributed by atoms with Crippen molar-refractivity contribution in [1.82, 2.24) is 19.9 Å². The molecule has 44 heavy (non-hydrogen) atoms. The first-order valence-corrected chi connectivity index (χ1v) is 15.7. The molecule has 4 nitrogen and oxygen atoms in total. The van der Waals surface area contributed by atoms with Crippen LogP contribution in [0.4, 0.5) is 0 Å². The fraction of sp³-hybridized carbons (Fsp3) is 0.150. The van der Waals surface area contributed by atoms with E-state index in [1.54, 1.807) is 0 Å². The quantitative estimate of drug-likeness (QED) is 0.207. The van der Waals surface area contributed by atoms with E-state index in [1.165, 1.54) is 43.8 Å². The molecule has 2 N–H and O–H groups in total. The summed E-state index contributed by atoms with van der Waals surface area (Å²) in [6, 6.07) is 28.5. The maximum absolute atomic E-state index is 5.38. The van der Waals surface area contributed by atoms with Crippen LogP contribution in [-0.4, -0.2) is 19.9 Å². The van der Waals surface area contributed by atoms with Crippen LogP contribution in [0.15, 0.2) is 78.9 Å². The van der Waals surface area contributed by atoms with E-state index in [4.69, 9.17) is 9.97 Å². The molecule has 214 valence electrons. The van der Waals surface area contributed by atoms with Crippen LogP contribution in [0, 0.1) is 0 Å². The van der Waals surface area contributed by atoms with Gasteiger partial charge in [-0.25, -0.2) is 9.97 Å². The number of hydrogen-bond donors (Lipinski definition) is 2. The highest BCUT2D eigenvalue weighted by molar-refractivity contribution is 6.16. The molecule has 0 amide bonds. The Kier molecular flexibility index (Phi) is 6.30. The monoisotopic (exact) mass is 570 g/mol. The summed E-state index contributed by atoms with van der Waals surface area (Å²) in [5, 5.41) is 4.87. The zero-order valence-electron chi connectivity index (χ0n) is 25.3. The number of aryl methyl sites for hydroxylation is 3. The van der Waals surface area contributed by atoms with Gasteiger partial charge in [-0.15, -0.1) is 0 Å². The first kappa shape index (κ1) is 26.4. The van der Waals surface area contributed by atoms with E-state index in [-0.39, 0.29) is 0 Å². The fourth-order valence-electron chi connectivity index (χ4n) is 7.04. The van der Waals surface area contributed by atoms with Crippen molar-refractivity contribution < 1.29 is 0 Å². The molecule has 0 atom stereocenters. The summed E-state index contributed by atoms with van der Waals surface area (Å²) >= 11 is 0.